The van der Waals surface area contributed by atoms with Crippen molar-refractivity contribution in [2.75, 3.05) is 13.1 Å². The fourth-order valence-electron chi connectivity index (χ4n) is 2.74. The Morgan fingerprint density at radius 2 is 1.46 bits per heavy atom. The minimum Gasteiger partial charge on any atom is -0.393 e. The van der Waals surface area contributed by atoms with Crippen LogP contribution >= 0.6 is 0 Å². The molecule has 1 aliphatic heterocycles. The third kappa shape index (κ3) is 4.04. The summed E-state index contributed by atoms with van der Waals surface area (Å²) in [6.07, 6.45) is 1.40. The number of halogens is 1. The van der Waals surface area contributed by atoms with Gasteiger partial charge >= 0.3 is 0 Å². The van der Waals surface area contributed by atoms with Gasteiger partial charge in [-0.1, -0.05) is 30.6 Å². The van der Waals surface area contributed by atoms with Crippen molar-refractivity contribution in [3.05, 3.63) is 77.6 Å². The Labute approximate surface area is 142 Å². The number of likely N-dealkylation sites (tertiary alicyclic amines) is 1. The molecule has 1 aliphatic rings. The van der Waals surface area contributed by atoms with E-state index in [0.29, 0.717) is 0 Å². The summed E-state index contributed by atoms with van der Waals surface area (Å²) in [5, 5.41) is 9.59. The molecule has 0 amide bonds. The number of piperidine rings is 1. The fraction of sp³-hybridized carbons (Fsp3) is 0.238. The first-order valence-corrected chi connectivity index (χ1v) is 8.12. The average molecular weight is 321 g/mol. The molecule has 0 bridgehead atoms. The number of hydrogen-bond donors (Lipinski definition) is 1. The van der Waals surface area contributed by atoms with Crippen molar-refractivity contribution in [3.8, 4) is 11.8 Å². The van der Waals surface area contributed by atoms with Gasteiger partial charge in [-0.15, -0.1) is 0 Å². The molecule has 0 spiro atoms. The monoisotopic (exact) mass is 321 g/mol. The summed E-state index contributed by atoms with van der Waals surface area (Å²) in [5.41, 5.74) is 3.75. The van der Waals surface area contributed by atoms with Crippen LogP contribution in [0.15, 0.2) is 55.1 Å². The number of rotatable bonds is 2. The van der Waals surface area contributed by atoms with Gasteiger partial charge in [-0.05, 0) is 54.8 Å². The summed E-state index contributed by atoms with van der Waals surface area (Å²) in [6, 6.07) is 14.1. The number of nitrogens with zero attached hydrogens (tertiary/aromatic N) is 1. The first kappa shape index (κ1) is 16.3. The van der Waals surface area contributed by atoms with E-state index in [1.807, 2.05) is 24.3 Å². The zero-order valence-corrected chi connectivity index (χ0v) is 13.5. The third-order valence-corrected chi connectivity index (χ3v) is 4.26. The van der Waals surface area contributed by atoms with Crippen molar-refractivity contribution in [2.24, 2.45) is 0 Å². The van der Waals surface area contributed by atoms with Gasteiger partial charge in [0.15, 0.2) is 0 Å². The van der Waals surface area contributed by atoms with Gasteiger partial charge in [0.05, 0.1) is 6.10 Å². The summed E-state index contributed by atoms with van der Waals surface area (Å²) in [6.45, 7) is 5.86. The lowest BCUT2D eigenvalue weighted by Gasteiger charge is -2.33. The summed E-state index contributed by atoms with van der Waals surface area (Å²) in [4.78, 5) is 2.21. The highest BCUT2D eigenvalue weighted by atomic mass is 19.1. The second-order valence-corrected chi connectivity index (χ2v) is 6.00. The number of benzene rings is 2. The maximum atomic E-state index is 12.9. The second-order valence-electron chi connectivity index (χ2n) is 6.00. The molecule has 1 fully saturated rings. The van der Waals surface area contributed by atoms with E-state index in [1.54, 1.807) is 12.1 Å². The summed E-state index contributed by atoms with van der Waals surface area (Å²) >= 11 is 0. The molecule has 2 nitrogen and oxygen atoms in total. The largest absolute Gasteiger partial charge is 0.393 e. The van der Waals surface area contributed by atoms with E-state index in [-0.39, 0.29) is 11.9 Å². The molecule has 2 aromatic carbocycles. The molecule has 0 unspecified atom stereocenters. The van der Waals surface area contributed by atoms with Gasteiger partial charge in [0.25, 0.3) is 0 Å². The highest BCUT2D eigenvalue weighted by Crippen LogP contribution is 2.22. The molecule has 24 heavy (non-hydrogen) atoms. The van der Waals surface area contributed by atoms with Gasteiger partial charge in [0, 0.05) is 29.9 Å². The van der Waals surface area contributed by atoms with Crippen LogP contribution < -0.4 is 0 Å². The van der Waals surface area contributed by atoms with E-state index in [9.17, 15) is 9.50 Å². The van der Waals surface area contributed by atoms with Crippen LogP contribution in [0.5, 0.6) is 0 Å². The van der Waals surface area contributed by atoms with Crippen molar-refractivity contribution in [3.63, 3.8) is 0 Å². The lowest BCUT2D eigenvalue weighted by molar-refractivity contribution is 0.106. The van der Waals surface area contributed by atoms with Crippen molar-refractivity contribution >= 4 is 5.70 Å². The number of aliphatic hydroxyl groups is 1. The molecule has 1 heterocycles. The van der Waals surface area contributed by atoms with Crippen LogP contribution in [0.4, 0.5) is 4.39 Å². The Kier molecular flexibility index (Phi) is 4.98. The summed E-state index contributed by atoms with van der Waals surface area (Å²) < 4.78 is 12.9. The van der Waals surface area contributed by atoms with Crippen LogP contribution in [-0.2, 0) is 0 Å². The molecule has 0 aliphatic carbocycles. The fourth-order valence-corrected chi connectivity index (χ4v) is 2.74. The maximum Gasteiger partial charge on any atom is 0.123 e. The number of aliphatic hydroxyl groups excluding tert-OH is 1. The van der Waals surface area contributed by atoms with Gasteiger partial charge in [-0.3, -0.25) is 0 Å². The average Bonchev–Trinajstić information content (AvgIpc) is 2.62. The highest BCUT2D eigenvalue weighted by molar-refractivity contribution is 5.63. The zero-order chi connectivity index (χ0) is 16.9. The molecule has 0 aromatic heterocycles. The first-order valence-electron chi connectivity index (χ1n) is 8.12. The van der Waals surface area contributed by atoms with Crippen molar-refractivity contribution in [1.29, 1.82) is 0 Å². The van der Waals surface area contributed by atoms with E-state index in [4.69, 9.17) is 0 Å². The molecule has 3 rings (SSSR count). The van der Waals surface area contributed by atoms with E-state index in [2.05, 4.69) is 23.3 Å². The van der Waals surface area contributed by atoms with E-state index < -0.39 is 0 Å². The summed E-state index contributed by atoms with van der Waals surface area (Å²) in [5.74, 6) is 5.85. The van der Waals surface area contributed by atoms with Crippen LogP contribution in [0.3, 0.4) is 0 Å². The SMILES string of the molecule is C=C(c1ccc(C#Cc2ccc(F)cc2)cc1)N1CCC(O)CC1. The van der Waals surface area contributed by atoms with Gasteiger partial charge in [-0.2, -0.15) is 0 Å². The van der Waals surface area contributed by atoms with Crippen LogP contribution in [-0.4, -0.2) is 29.2 Å². The first-order chi connectivity index (χ1) is 11.6. The van der Waals surface area contributed by atoms with Gasteiger partial charge in [0.2, 0.25) is 0 Å². The van der Waals surface area contributed by atoms with Crippen LogP contribution in [0.1, 0.15) is 29.5 Å². The Bertz CT molecular complexity index is 760. The Hall–Kier alpha value is -2.57. The second kappa shape index (κ2) is 7.33. The smallest absolute Gasteiger partial charge is 0.123 e. The Morgan fingerprint density at radius 1 is 0.958 bits per heavy atom. The van der Waals surface area contributed by atoms with Crippen LogP contribution in [0.25, 0.3) is 5.70 Å². The molecule has 122 valence electrons. The molecular weight excluding hydrogens is 301 g/mol. The minimum absolute atomic E-state index is 0.182. The molecular formula is C21H20FNO. The lowest BCUT2D eigenvalue weighted by atomic mass is 10.0. The van der Waals surface area contributed by atoms with Crippen molar-refractivity contribution in [1.82, 2.24) is 4.90 Å². The molecule has 1 saturated heterocycles. The Balaban J connectivity index is 1.67. The van der Waals surface area contributed by atoms with Crippen LogP contribution in [0, 0.1) is 17.7 Å². The van der Waals surface area contributed by atoms with Crippen LogP contribution in [0.2, 0.25) is 0 Å². The standard InChI is InChI=1S/C21H20FNO/c1-16(23-14-12-21(24)13-15-23)19-8-4-17(5-9-19)2-3-18-6-10-20(22)11-7-18/h4-11,21,24H,1,12-15H2. The molecule has 2 aromatic rings. The van der Waals surface area contributed by atoms with Gasteiger partial charge in [-0.25, -0.2) is 4.39 Å². The van der Waals surface area contributed by atoms with E-state index in [0.717, 1.165) is 48.3 Å². The predicted molar refractivity (Wildman–Crippen MR) is 94.7 cm³/mol. The predicted octanol–water partition coefficient (Wildman–Crippen LogP) is 3.65. The topological polar surface area (TPSA) is 23.5 Å². The summed E-state index contributed by atoms with van der Waals surface area (Å²) in [7, 11) is 0. The number of hydrogen-bond acceptors (Lipinski definition) is 2. The zero-order valence-electron chi connectivity index (χ0n) is 13.5. The van der Waals surface area contributed by atoms with E-state index >= 15 is 0 Å². The quantitative estimate of drug-likeness (QED) is 0.854. The lowest BCUT2D eigenvalue weighted by Crippen LogP contribution is -2.34. The van der Waals surface area contributed by atoms with E-state index in [1.165, 1.54) is 12.1 Å². The van der Waals surface area contributed by atoms with Gasteiger partial charge < -0.3 is 10.0 Å². The van der Waals surface area contributed by atoms with Crippen molar-refractivity contribution < 1.29 is 9.50 Å². The molecule has 1 N–H and O–H groups in total. The Morgan fingerprint density at radius 3 is 2.00 bits per heavy atom. The minimum atomic E-state index is -0.256. The van der Waals surface area contributed by atoms with Gasteiger partial charge in [0.1, 0.15) is 5.82 Å². The molecule has 3 heteroatoms. The van der Waals surface area contributed by atoms with Crippen molar-refractivity contribution in [2.45, 2.75) is 18.9 Å². The maximum absolute atomic E-state index is 12.9. The molecule has 0 atom stereocenters. The molecule has 0 radical (unpaired) electrons. The molecule has 0 saturated carbocycles. The third-order valence-electron chi connectivity index (χ3n) is 4.26. The normalized spacial score (nSPS) is 14.8. The highest BCUT2D eigenvalue weighted by Gasteiger charge is 2.18.